The lowest BCUT2D eigenvalue weighted by Crippen LogP contribution is -2.38. The van der Waals surface area contributed by atoms with Crippen LogP contribution in [-0.4, -0.2) is 52.8 Å². The molecule has 1 N–H and O–H groups in total. The minimum absolute atomic E-state index is 0.0439. The molecule has 1 aliphatic rings. The Morgan fingerprint density at radius 2 is 2.04 bits per heavy atom. The van der Waals surface area contributed by atoms with Gasteiger partial charge in [0.2, 0.25) is 11.8 Å². The summed E-state index contributed by atoms with van der Waals surface area (Å²) in [5, 5.41) is 8.83. The number of carboxylic acids is 1. The van der Waals surface area contributed by atoms with Crippen LogP contribution in [0.2, 0.25) is 0 Å². The Morgan fingerprint density at radius 1 is 1.33 bits per heavy atom. The Morgan fingerprint density at radius 3 is 2.58 bits per heavy atom. The Hall–Kier alpha value is -2.51. The number of halogens is 2. The van der Waals surface area contributed by atoms with Gasteiger partial charge < -0.3 is 14.9 Å². The molecule has 1 saturated heterocycles. The fourth-order valence-electron chi connectivity index (χ4n) is 2.64. The molecule has 24 heavy (non-hydrogen) atoms. The topological polar surface area (TPSA) is 77.9 Å². The summed E-state index contributed by atoms with van der Waals surface area (Å²) in [5.41, 5.74) is 0.352. The van der Waals surface area contributed by atoms with Gasteiger partial charge in [-0.1, -0.05) is 6.07 Å². The molecule has 1 heterocycles. The molecule has 2 rings (SSSR count). The number of benzene rings is 1. The van der Waals surface area contributed by atoms with E-state index in [0.717, 1.165) is 12.1 Å². The van der Waals surface area contributed by atoms with Crippen molar-refractivity contribution in [1.29, 1.82) is 0 Å². The van der Waals surface area contributed by atoms with Crippen LogP contribution in [0.1, 0.15) is 18.4 Å². The largest absolute Gasteiger partial charge is 0.481 e. The Kier molecular flexibility index (Phi) is 5.48. The molecule has 0 unspecified atom stereocenters. The molecule has 1 aliphatic heterocycles. The first-order chi connectivity index (χ1) is 11.3. The summed E-state index contributed by atoms with van der Waals surface area (Å²) >= 11 is 0. The first-order valence-electron chi connectivity index (χ1n) is 7.46. The van der Waals surface area contributed by atoms with Gasteiger partial charge in [0.15, 0.2) is 11.6 Å². The number of rotatable bonds is 6. The van der Waals surface area contributed by atoms with Crippen molar-refractivity contribution in [3.63, 3.8) is 0 Å². The highest BCUT2D eigenvalue weighted by Crippen LogP contribution is 2.20. The number of carboxylic acid groups (broad SMARTS) is 1. The van der Waals surface area contributed by atoms with Gasteiger partial charge in [-0.3, -0.25) is 14.4 Å². The number of carbonyl (C=O) groups is 3. The average molecular weight is 340 g/mol. The van der Waals surface area contributed by atoms with Crippen LogP contribution < -0.4 is 0 Å². The molecule has 1 aromatic carbocycles. The number of nitrogens with zero attached hydrogens (tertiary/aromatic N) is 2. The first kappa shape index (κ1) is 17.8. The predicted octanol–water partition coefficient (Wildman–Crippen LogP) is 1.25. The third-order valence-electron chi connectivity index (χ3n) is 3.95. The number of aliphatic carboxylic acids is 1. The molecule has 8 heteroatoms. The van der Waals surface area contributed by atoms with Crippen molar-refractivity contribution in [2.45, 2.75) is 19.4 Å². The van der Waals surface area contributed by atoms with Crippen molar-refractivity contribution in [1.82, 2.24) is 9.80 Å². The van der Waals surface area contributed by atoms with E-state index in [1.54, 1.807) is 7.05 Å². The monoisotopic (exact) mass is 340 g/mol. The second kappa shape index (κ2) is 7.37. The Balaban J connectivity index is 2.14. The molecule has 0 bridgehead atoms. The maximum absolute atomic E-state index is 13.3. The van der Waals surface area contributed by atoms with Crippen molar-refractivity contribution in [3.05, 3.63) is 35.4 Å². The highest BCUT2D eigenvalue weighted by molar-refractivity contribution is 5.89. The molecule has 0 spiro atoms. The van der Waals surface area contributed by atoms with Crippen LogP contribution in [0.3, 0.4) is 0 Å². The number of hydrogen-bond donors (Lipinski definition) is 1. The molecule has 1 aromatic rings. The summed E-state index contributed by atoms with van der Waals surface area (Å²) in [6, 6.07) is 3.27. The summed E-state index contributed by atoms with van der Waals surface area (Å²) < 4.78 is 26.3. The molecule has 2 amide bonds. The molecule has 0 saturated carbocycles. The smallest absolute Gasteiger partial charge is 0.305 e. The third-order valence-corrected chi connectivity index (χ3v) is 3.95. The molecule has 6 nitrogen and oxygen atoms in total. The molecule has 0 aliphatic carbocycles. The van der Waals surface area contributed by atoms with Crippen LogP contribution in [0, 0.1) is 17.6 Å². The van der Waals surface area contributed by atoms with Gasteiger partial charge in [0.05, 0.1) is 12.3 Å². The van der Waals surface area contributed by atoms with E-state index in [0.29, 0.717) is 5.56 Å². The van der Waals surface area contributed by atoms with E-state index in [1.165, 1.54) is 15.9 Å². The highest BCUT2D eigenvalue weighted by atomic mass is 19.2. The van der Waals surface area contributed by atoms with Crippen LogP contribution in [-0.2, 0) is 20.9 Å². The van der Waals surface area contributed by atoms with Crippen LogP contribution in [0.15, 0.2) is 18.2 Å². The van der Waals surface area contributed by atoms with Crippen molar-refractivity contribution < 1.29 is 28.3 Å². The van der Waals surface area contributed by atoms with Gasteiger partial charge in [-0.15, -0.1) is 0 Å². The minimum atomic E-state index is -1.07. The van der Waals surface area contributed by atoms with E-state index in [2.05, 4.69) is 0 Å². The molecule has 1 atom stereocenters. The summed E-state index contributed by atoms with van der Waals surface area (Å²) in [4.78, 5) is 37.7. The predicted molar refractivity (Wildman–Crippen MR) is 79.8 cm³/mol. The van der Waals surface area contributed by atoms with E-state index >= 15 is 0 Å². The summed E-state index contributed by atoms with van der Waals surface area (Å²) in [7, 11) is 1.59. The Bertz CT molecular complexity index is 665. The third kappa shape index (κ3) is 4.27. The zero-order chi connectivity index (χ0) is 17.9. The van der Waals surface area contributed by atoms with E-state index in [4.69, 9.17) is 5.11 Å². The minimum Gasteiger partial charge on any atom is -0.481 e. The van der Waals surface area contributed by atoms with E-state index in [9.17, 15) is 23.2 Å². The first-order valence-corrected chi connectivity index (χ1v) is 7.46. The molecule has 130 valence electrons. The quantitative estimate of drug-likeness (QED) is 0.845. The SMILES string of the molecule is CN1C[C@@H](C(=O)N(CCC(=O)O)Cc2ccc(F)c(F)c2)CC1=O. The number of hydrogen-bond acceptors (Lipinski definition) is 3. The van der Waals surface area contributed by atoms with Crippen molar-refractivity contribution in [3.8, 4) is 0 Å². The maximum Gasteiger partial charge on any atom is 0.305 e. The fourth-order valence-corrected chi connectivity index (χ4v) is 2.64. The van der Waals surface area contributed by atoms with Crippen LogP contribution >= 0.6 is 0 Å². The van der Waals surface area contributed by atoms with E-state index < -0.39 is 23.5 Å². The van der Waals surface area contributed by atoms with Crippen molar-refractivity contribution >= 4 is 17.8 Å². The van der Waals surface area contributed by atoms with Gasteiger partial charge in [0.25, 0.3) is 0 Å². The van der Waals surface area contributed by atoms with Crippen LogP contribution in [0.5, 0.6) is 0 Å². The lowest BCUT2D eigenvalue weighted by atomic mass is 10.1. The lowest BCUT2D eigenvalue weighted by molar-refractivity contribution is -0.140. The summed E-state index contributed by atoms with van der Waals surface area (Å²) in [5.74, 6) is -4.17. The Labute approximate surface area is 137 Å². The average Bonchev–Trinajstić information content (AvgIpc) is 2.85. The van der Waals surface area contributed by atoms with Gasteiger partial charge in [-0.2, -0.15) is 0 Å². The molecular weight excluding hydrogens is 322 g/mol. The normalized spacial score (nSPS) is 17.2. The lowest BCUT2D eigenvalue weighted by Gasteiger charge is -2.25. The number of amides is 2. The van der Waals surface area contributed by atoms with E-state index in [-0.39, 0.29) is 44.3 Å². The summed E-state index contributed by atoms with van der Waals surface area (Å²) in [6.07, 6.45) is -0.206. The second-order valence-electron chi connectivity index (χ2n) is 5.83. The molecule has 1 fully saturated rings. The van der Waals surface area contributed by atoms with Crippen LogP contribution in [0.4, 0.5) is 8.78 Å². The highest BCUT2D eigenvalue weighted by Gasteiger charge is 2.34. The fraction of sp³-hybridized carbons (Fsp3) is 0.438. The second-order valence-corrected chi connectivity index (χ2v) is 5.83. The maximum atomic E-state index is 13.3. The molecular formula is C16H18F2N2O4. The van der Waals surface area contributed by atoms with Gasteiger partial charge >= 0.3 is 5.97 Å². The zero-order valence-corrected chi connectivity index (χ0v) is 13.2. The van der Waals surface area contributed by atoms with Crippen molar-refractivity contribution in [2.75, 3.05) is 20.1 Å². The zero-order valence-electron chi connectivity index (χ0n) is 13.2. The van der Waals surface area contributed by atoms with Gasteiger partial charge in [-0.05, 0) is 17.7 Å². The molecule has 0 aromatic heterocycles. The van der Waals surface area contributed by atoms with E-state index in [1.807, 2.05) is 0 Å². The molecule has 0 radical (unpaired) electrons. The standard InChI is InChI=1S/C16H18F2N2O4/c1-19-9-11(7-14(19)21)16(24)20(5-4-15(22)23)8-10-2-3-12(17)13(18)6-10/h2-3,6,11H,4-5,7-9H2,1H3,(H,22,23)/t11-/m0/s1. The van der Waals surface area contributed by atoms with Gasteiger partial charge in [0.1, 0.15) is 0 Å². The number of likely N-dealkylation sites (tertiary alicyclic amines) is 1. The van der Waals surface area contributed by atoms with Crippen LogP contribution in [0.25, 0.3) is 0 Å². The summed E-state index contributed by atoms with van der Waals surface area (Å²) in [6.45, 7) is 0.151. The van der Waals surface area contributed by atoms with Crippen molar-refractivity contribution in [2.24, 2.45) is 5.92 Å². The number of carbonyl (C=O) groups excluding carboxylic acids is 2. The van der Waals surface area contributed by atoms with Gasteiger partial charge in [-0.25, -0.2) is 8.78 Å². The van der Waals surface area contributed by atoms with Gasteiger partial charge in [0, 0.05) is 33.1 Å².